The van der Waals surface area contributed by atoms with Gasteiger partial charge in [-0.05, 0) is 52.0 Å². The van der Waals surface area contributed by atoms with Gasteiger partial charge in [0.25, 0.3) is 0 Å². The number of rotatable bonds is 5. The minimum absolute atomic E-state index is 0.0632. The van der Waals surface area contributed by atoms with E-state index in [0.717, 1.165) is 18.9 Å². The molecule has 0 saturated carbocycles. The second-order valence-electron chi connectivity index (χ2n) is 5.84. The van der Waals surface area contributed by atoms with Gasteiger partial charge in [-0.25, -0.2) is 4.79 Å². The molecule has 4 N–H and O–H groups in total. The standard InChI is InChI=1S/C15H24O5/c1-9-4-6-11(7-5-9)15(3,20)13(17)12(16)8-10(2)14(18)19/h4,8,11-13,16-17,20H,5-7H2,1-3H3,(H,18,19)/b10-8+. The summed E-state index contributed by atoms with van der Waals surface area (Å²) in [5, 5.41) is 39.3. The van der Waals surface area contributed by atoms with Gasteiger partial charge in [0.15, 0.2) is 0 Å². The van der Waals surface area contributed by atoms with Crippen LogP contribution in [0, 0.1) is 5.92 Å². The van der Waals surface area contributed by atoms with E-state index >= 15 is 0 Å². The van der Waals surface area contributed by atoms with E-state index in [0.29, 0.717) is 6.42 Å². The smallest absolute Gasteiger partial charge is 0.331 e. The Balaban J connectivity index is 2.81. The summed E-state index contributed by atoms with van der Waals surface area (Å²) in [5.41, 5.74) is -0.272. The molecule has 1 aliphatic rings. The summed E-state index contributed by atoms with van der Waals surface area (Å²) in [5.74, 6) is -1.32. The number of carboxylic acids is 1. The van der Waals surface area contributed by atoms with E-state index in [1.165, 1.54) is 19.4 Å². The molecule has 0 aromatic carbocycles. The number of aliphatic hydroxyl groups excluding tert-OH is 2. The van der Waals surface area contributed by atoms with Gasteiger partial charge in [-0.15, -0.1) is 0 Å². The SMILES string of the molecule is CC1=CCC(C(C)(O)C(O)C(O)/C=C(\C)C(=O)O)CC1. The number of hydrogen-bond acceptors (Lipinski definition) is 4. The first kappa shape index (κ1) is 16.9. The Morgan fingerprint density at radius 2 is 2.10 bits per heavy atom. The van der Waals surface area contributed by atoms with Crippen LogP contribution < -0.4 is 0 Å². The van der Waals surface area contributed by atoms with Crippen LogP contribution in [0.2, 0.25) is 0 Å². The average Bonchev–Trinajstić information content (AvgIpc) is 2.37. The van der Waals surface area contributed by atoms with Gasteiger partial charge in [-0.2, -0.15) is 0 Å². The highest BCUT2D eigenvalue weighted by Crippen LogP contribution is 2.35. The molecular weight excluding hydrogens is 260 g/mol. The quantitative estimate of drug-likeness (QED) is 0.450. The third kappa shape index (κ3) is 3.91. The summed E-state index contributed by atoms with van der Waals surface area (Å²) in [7, 11) is 0. The lowest BCUT2D eigenvalue weighted by Gasteiger charge is -2.39. The van der Waals surface area contributed by atoms with Crippen LogP contribution in [-0.4, -0.2) is 44.2 Å². The largest absolute Gasteiger partial charge is 0.478 e. The molecule has 114 valence electrons. The molecule has 0 aromatic rings. The number of carbonyl (C=O) groups is 1. The zero-order valence-corrected chi connectivity index (χ0v) is 12.2. The Bertz CT molecular complexity index is 422. The van der Waals surface area contributed by atoms with E-state index in [1.807, 2.05) is 13.0 Å². The number of aliphatic carboxylic acids is 1. The average molecular weight is 284 g/mol. The Labute approximate surface area is 119 Å². The number of allylic oxidation sites excluding steroid dienone is 2. The molecule has 0 bridgehead atoms. The molecule has 0 saturated heterocycles. The molecule has 20 heavy (non-hydrogen) atoms. The number of aliphatic hydroxyl groups is 3. The van der Waals surface area contributed by atoms with Crippen molar-refractivity contribution in [3.05, 3.63) is 23.3 Å². The van der Waals surface area contributed by atoms with Crippen LogP contribution in [0.5, 0.6) is 0 Å². The molecule has 1 aliphatic carbocycles. The minimum atomic E-state index is -1.47. The van der Waals surface area contributed by atoms with Crippen LogP contribution in [0.3, 0.4) is 0 Å². The van der Waals surface area contributed by atoms with E-state index in [2.05, 4.69) is 0 Å². The first-order chi connectivity index (χ1) is 9.16. The molecule has 4 atom stereocenters. The lowest BCUT2D eigenvalue weighted by molar-refractivity contribution is -0.137. The lowest BCUT2D eigenvalue weighted by atomic mass is 9.74. The zero-order valence-electron chi connectivity index (χ0n) is 12.2. The summed E-state index contributed by atoms with van der Waals surface area (Å²) < 4.78 is 0. The molecule has 0 aromatic heterocycles. The maximum Gasteiger partial charge on any atom is 0.331 e. The van der Waals surface area contributed by atoms with Gasteiger partial charge in [-0.3, -0.25) is 0 Å². The van der Waals surface area contributed by atoms with Crippen molar-refractivity contribution in [2.45, 2.75) is 57.8 Å². The van der Waals surface area contributed by atoms with Gasteiger partial charge in [0.1, 0.15) is 12.2 Å². The Hall–Kier alpha value is -1.17. The highest BCUT2D eigenvalue weighted by molar-refractivity contribution is 5.85. The second kappa shape index (κ2) is 6.52. The van der Waals surface area contributed by atoms with E-state index in [9.17, 15) is 20.1 Å². The third-order valence-corrected chi connectivity index (χ3v) is 4.14. The molecule has 0 radical (unpaired) electrons. The van der Waals surface area contributed by atoms with Crippen molar-refractivity contribution < 1.29 is 25.2 Å². The zero-order chi connectivity index (χ0) is 15.5. The van der Waals surface area contributed by atoms with E-state index < -0.39 is 23.8 Å². The molecule has 0 amide bonds. The fraction of sp³-hybridized carbons (Fsp3) is 0.667. The van der Waals surface area contributed by atoms with Gasteiger partial charge in [0.05, 0.1) is 5.60 Å². The van der Waals surface area contributed by atoms with Crippen LogP contribution >= 0.6 is 0 Å². The molecule has 5 nitrogen and oxygen atoms in total. The van der Waals surface area contributed by atoms with Gasteiger partial charge in [-0.1, -0.05) is 11.6 Å². The van der Waals surface area contributed by atoms with Crippen molar-refractivity contribution in [3.63, 3.8) is 0 Å². The summed E-state index contributed by atoms with van der Waals surface area (Å²) in [6.45, 7) is 4.85. The van der Waals surface area contributed by atoms with E-state index in [1.54, 1.807) is 0 Å². The summed E-state index contributed by atoms with van der Waals surface area (Å²) >= 11 is 0. The lowest BCUT2D eigenvalue weighted by Crippen LogP contribution is -2.51. The van der Waals surface area contributed by atoms with Crippen LogP contribution in [-0.2, 0) is 4.79 Å². The van der Waals surface area contributed by atoms with Crippen LogP contribution in [0.4, 0.5) is 0 Å². The first-order valence-corrected chi connectivity index (χ1v) is 6.82. The van der Waals surface area contributed by atoms with Crippen LogP contribution in [0.1, 0.15) is 40.0 Å². The summed E-state index contributed by atoms with van der Waals surface area (Å²) in [6, 6.07) is 0. The molecule has 0 fully saturated rings. The predicted octanol–water partition coefficient (Wildman–Crippen LogP) is 1.24. The van der Waals surface area contributed by atoms with Crippen molar-refractivity contribution in [1.82, 2.24) is 0 Å². The van der Waals surface area contributed by atoms with Gasteiger partial charge in [0, 0.05) is 5.57 Å². The molecule has 0 spiro atoms. The summed E-state index contributed by atoms with van der Waals surface area (Å²) in [6.07, 6.45) is 2.49. The second-order valence-corrected chi connectivity index (χ2v) is 5.84. The highest BCUT2D eigenvalue weighted by Gasteiger charge is 2.41. The third-order valence-electron chi connectivity index (χ3n) is 4.14. The van der Waals surface area contributed by atoms with Crippen molar-refractivity contribution in [2.75, 3.05) is 0 Å². The van der Waals surface area contributed by atoms with Crippen molar-refractivity contribution in [2.24, 2.45) is 5.92 Å². The van der Waals surface area contributed by atoms with Crippen LogP contribution in [0.25, 0.3) is 0 Å². The molecule has 0 aliphatic heterocycles. The number of carboxylic acid groups (broad SMARTS) is 1. The molecule has 1 rings (SSSR count). The molecule has 0 heterocycles. The Kier molecular flexibility index (Phi) is 5.50. The molecule has 5 heteroatoms. The fourth-order valence-electron chi connectivity index (χ4n) is 2.50. The number of hydrogen-bond donors (Lipinski definition) is 4. The summed E-state index contributed by atoms with van der Waals surface area (Å²) in [4.78, 5) is 10.7. The molecular formula is C15H24O5. The topological polar surface area (TPSA) is 98.0 Å². The van der Waals surface area contributed by atoms with E-state index in [-0.39, 0.29) is 11.5 Å². The predicted molar refractivity (Wildman–Crippen MR) is 75.1 cm³/mol. The van der Waals surface area contributed by atoms with E-state index in [4.69, 9.17) is 5.11 Å². The molecule has 4 unspecified atom stereocenters. The monoisotopic (exact) mass is 284 g/mol. The first-order valence-electron chi connectivity index (χ1n) is 6.82. The Morgan fingerprint density at radius 1 is 1.50 bits per heavy atom. The maximum atomic E-state index is 10.7. The normalized spacial score (nSPS) is 26.4. The van der Waals surface area contributed by atoms with Gasteiger partial charge >= 0.3 is 5.97 Å². The van der Waals surface area contributed by atoms with Crippen molar-refractivity contribution in [3.8, 4) is 0 Å². The van der Waals surface area contributed by atoms with Crippen LogP contribution in [0.15, 0.2) is 23.3 Å². The minimum Gasteiger partial charge on any atom is -0.478 e. The Morgan fingerprint density at radius 3 is 2.55 bits per heavy atom. The van der Waals surface area contributed by atoms with Crippen molar-refractivity contribution in [1.29, 1.82) is 0 Å². The van der Waals surface area contributed by atoms with Gasteiger partial charge in [0.2, 0.25) is 0 Å². The fourth-order valence-corrected chi connectivity index (χ4v) is 2.50. The van der Waals surface area contributed by atoms with Crippen molar-refractivity contribution >= 4 is 5.97 Å². The van der Waals surface area contributed by atoms with Gasteiger partial charge < -0.3 is 20.4 Å². The maximum absolute atomic E-state index is 10.7. The highest BCUT2D eigenvalue weighted by atomic mass is 16.4.